The van der Waals surface area contributed by atoms with Crippen molar-refractivity contribution in [1.82, 2.24) is 9.55 Å². The number of hydrogen-bond donors (Lipinski definition) is 1. The predicted molar refractivity (Wildman–Crippen MR) is 68.4 cm³/mol. The topological polar surface area (TPSA) is 43.8 Å². The van der Waals surface area contributed by atoms with Crippen LogP contribution in [0.15, 0.2) is 12.5 Å². The molecule has 1 heterocycles. The van der Waals surface area contributed by atoms with Gasteiger partial charge in [-0.05, 0) is 18.8 Å². The van der Waals surface area contributed by atoms with Gasteiger partial charge in [-0.15, -0.1) is 0 Å². The van der Waals surface area contributed by atoms with Gasteiger partial charge in [0.25, 0.3) is 0 Å². The van der Waals surface area contributed by atoms with Crippen LogP contribution < -0.4 is 5.73 Å². The summed E-state index contributed by atoms with van der Waals surface area (Å²) in [5.74, 6) is 1.57. The van der Waals surface area contributed by atoms with E-state index >= 15 is 0 Å². The summed E-state index contributed by atoms with van der Waals surface area (Å²) in [6.07, 6.45) is 3.90. The molecule has 1 rings (SSSR count). The third kappa shape index (κ3) is 2.64. The molecule has 1 aromatic heterocycles. The van der Waals surface area contributed by atoms with Gasteiger partial charge >= 0.3 is 0 Å². The second kappa shape index (κ2) is 5.48. The number of nitrogens with two attached hydrogens (primary N) is 1. The molecule has 0 spiro atoms. The highest BCUT2D eigenvalue weighted by Gasteiger charge is 2.21. The van der Waals surface area contributed by atoms with Gasteiger partial charge in [0, 0.05) is 30.4 Å². The molecule has 0 aromatic carbocycles. The van der Waals surface area contributed by atoms with Crippen LogP contribution in [-0.2, 0) is 0 Å². The molecule has 0 fully saturated rings. The summed E-state index contributed by atoms with van der Waals surface area (Å²) in [5, 5.41) is 0. The molecule has 0 saturated carbocycles. The molecule has 2 unspecified atom stereocenters. The van der Waals surface area contributed by atoms with Crippen LogP contribution in [0.3, 0.4) is 0 Å². The molecule has 92 valence electrons. The van der Waals surface area contributed by atoms with Crippen molar-refractivity contribution in [3.05, 3.63) is 18.2 Å². The Labute approximate surface area is 99.1 Å². The normalized spacial score (nSPS) is 15.8. The van der Waals surface area contributed by atoms with Gasteiger partial charge in [0.05, 0.1) is 6.33 Å². The first kappa shape index (κ1) is 13.2. The van der Waals surface area contributed by atoms with Gasteiger partial charge in [-0.1, -0.05) is 27.7 Å². The Morgan fingerprint density at radius 2 is 1.81 bits per heavy atom. The molecular weight excluding hydrogens is 198 g/mol. The standard InChI is InChI=1S/C13H25N3/c1-9(2)11(5)16-8-15-7-13(16)12(6-14)10(3)4/h7-12H,6,14H2,1-5H3. The van der Waals surface area contributed by atoms with E-state index in [0.717, 1.165) is 0 Å². The molecule has 0 amide bonds. The minimum Gasteiger partial charge on any atom is -0.331 e. The predicted octanol–water partition coefficient (Wildman–Crippen LogP) is 2.80. The van der Waals surface area contributed by atoms with Gasteiger partial charge < -0.3 is 10.3 Å². The average molecular weight is 223 g/mol. The number of nitrogens with zero attached hydrogens (tertiary/aromatic N) is 2. The SMILES string of the molecule is CC(C)C(CN)c1cncn1C(C)C(C)C. The first-order valence-corrected chi connectivity index (χ1v) is 6.20. The van der Waals surface area contributed by atoms with Crippen LogP contribution in [0, 0.1) is 11.8 Å². The molecule has 0 bridgehead atoms. The highest BCUT2D eigenvalue weighted by Crippen LogP contribution is 2.27. The zero-order chi connectivity index (χ0) is 12.3. The van der Waals surface area contributed by atoms with Gasteiger partial charge in [-0.3, -0.25) is 0 Å². The minimum absolute atomic E-state index is 0.406. The number of hydrogen-bond acceptors (Lipinski definition) is 2. The van der Waals surface area contributed by atoms with Crippen LogP contribution in [0.25, 0.3) is 0 Å². The summed E-state index contributed by atoms with van der Waals surface area (Å²) in [6, 6.07) is 0.477. The van der Waals surface area contributed by atoms with Crippen molar-refractivity contribution in [3.63, 3.8) is 0 Å². The van der Waals surface area contributed by atoms with E-state index in [4.69, 9.17) is 5.73 Å². The third-order valence-corrected chi connectivity index (χ3v) is 3.54. The number of imidazole rings is 1. The van der Waals surface area contributed by atoms with Crippen molar-refractivity contribution >= 4 is 0 Å². The molecule has 0 saturated heterocycles. The first-order chi connectivity index (χ1) is 7.49. The molecule has 0 radical (unpaired) electrons. The Morgan fingerprint density at radius 1 is 1.19 bits per heavy atom. The highest BCUT2D eigenvalue weighted by atomic mass is 15.1. The van der Waals surface area contributed by atoms with E-state index in [-0.39, 0.29) is 0 Å². The Bertz CT molecular complexity index is 315. The quantitative estimate of drug-likeness (QED) is 0.834. The molecule has 3 nitrogen and oxygen atoms in total. The minimum atomic E-state index is 0.406. The van der Waals surface area contributed by atoms with Crippen LogP contribution in [0.4, 0.5) is 0 Å². The second-order valence-electron chi connectivity index (χ2n) is 5.30. The monoisotopic (exact) mass is 223 g/mol. The Hall–Kier alpha value is -0.830. The zero-order valence-corrected chi connectivity index (χ0v) is 11.1. The summed E-state index contributed by atoms with van der Waals surface area (Å²) in [7, 11) is 0. The van der Waals surface area contributed by atoms with E-state index in [2.05, 4.69) is 44.2 Å². The Balaban J connectivity index is 3.01. The summed E-state index contributed by atoms with van der Waals surface area (Å²) >= 11 is 0. The van der Waals surface area contributed by atoms with Crippen LogP contribution in [0.5, 0.6) is 0 Å². The second-order valence-corrected chi connectivity index (χ2v) is 5.30. The Morgan fingerprint density at radius 3 is 2.25 bits per heavy atom. The molecule has 1 aromatic rings. The van der Waals surface area contributed by atoms with Crippen LogP contribution >= 0.6 is 0 Å². The fraction of sp³-hybridized carbons (Fsp3) is 0.769. The molecule has 0 aliphatic carbocycles. The molecule has 0 aliphatic rings. The fourth-order valence-corrected chi connectivity index (χ4v) is 2.00. The zero-order valence-electron chi connectivity index (χ0n) is 11.1. The molecule has 2 N–H and O–H groups in total. The van der Waals surface area contributed by atoms with Crippen LogP contribution in [0.2, 0.25) is 0 Å². The molecule has 16 heavy (non-hydrogen) atoms. The summed E-state index contributed by atoms with van der Waals surface area (Å²) in [5.41, 5.74) is 7.15. The van der Waals surface area contributed by atoms with Crippen molar-refractivity contribution in [3.8, 4) is 0 Å². The fourth-order valence-electron chi connectivity index (χ4n) is 2.00. The highest BCUT2D eigenvalue weighted by molar-refractivity contribution is 5.09. The largest absolute Gasteiger partial charge is 0.331 e. The maximum Gasteiger partial charge on any atom is 0.0950 e. The lowest BCUT2D eigenvalue weighted by molar-refractivity contribution is 0.375. The van der Waals surface area contributed by atoms with E-state index < -0.39 is 0 Å². The van der Waals surface area contributed by atoms with E-state index in [1.54, 1.807) is 0 Å². The first-order valence-electron chi connectivity index (χ1n) is 6.20. The number of aromatic nitrogens is 2. The smallest absolute Gasteiger partial charge is 0.0950 e. The molecular formula is C13H25N3. The summed E-state index contributed by atoms with van der Waals surface area (Å²) in [4.78, 5) is 4.28. The van der Waals surface area contributed by atoms with E-state index in [0.29, 0.717) is 30.3 Å². The molecule has 3 heteroatoms. The Kier molecular flexibility index (Phi) is 4.54. The average Bonchev–Trinajstić information content (AvgIpc) is 2.65. The van der Waals surface area contributed by atoms with Gasteiger partial charge in [0.15, 0.2) is 0 Å². The number of rotatable bonds is 5. The summed E-state index contributed by atoms with van der Waals surface area (Å²) in [6.45, 7) is 11.8. The van der Waals surface area contributed by atoms with Gasteiger partial charge in [-0.25, -0.2) is 4.98 Å². The van der Waals surface area contributed by atoms with Crippen molar-refractivity contribution in [2.24, 2.45) is 17.6 Å². The van der Waals surface area contributed by atoms with Crippen molar-refractivity contribution in [2.45, 2.75) is 46.6 Å². The van der Waals surface area contributed by atoms with Crippen LogP contribution in [-0.4, -0.2) is 16.1 Å². The van der Waals surface area contributed by atoms with E-state index in [1.807, 2.05) is 12.5 Å². The summed E-state index contributed by atoms with van der Waals surface area (Å²) < 4.78 is 2.28. The van der Waals surface area contributed by atoms with Gasteiger partial charge in [-0.2, -0.15) is 0 Å². The molecule has 2 atom stereocenters. The van der Waals surface area contributed by atoms with Gasteiger partial charge in [0.1, 0.15) is 0 Å². The maximum atomic E-state index is 5.87. The third-order valence-electron chi connectivity index (χ3n) is 3.54. The molecule has 0 aliphatic heterocycles. The van der Waals surface area contributed by atoms with Crippen molar-refractivity contribution in [2.75, 3.05) is 6.54 Å². The van der Waals surface area contributed by atoms with Crippen molar-refractivity contribution in [1.29, 1.82) is 0 Å². The lowest BCUT2D eigenvalue weighted by Crippen LogP contribution is -2.23. The lowest BCUT2D eigenvalue weighted by atomic mass is 9.92. The van der Waals surface area contributed by atoms with E-state index in [9.17, 15) is 0 Å². The van der Waals surface area contributed by atoms with Crippen LogP contribution in [0.1, 0.15) is 52.3 Å². The van der Waals surface area contributed by atoms with Gasteiger partial charge in [0.2, 0.25) is 0 Å². The maximum absolute atomic E-state index is 5.87. The van der Waals surface area contributed by atoms with Crippen molar-refractivity contribution < 1.29 is 0 Å². The lowest BCUT2D eigenvalue weighted by Gasteiger charge is -2.25. The van der Waals surface area contributed by atoms with E-state index in [1.165, 1.54) is 5.69 Å².